The van der Waals surface area contributed by atoms with Gasteiger partial charge in [0, 0.05) is 50.0 Å². The van der Waals surface area contributed by atoms with E-state index < -0.39 is 0 Å². The fraction of sp³-hybridized carbons (Fsp3) is 0.208. The highest BCUT2D eigenvalue weighted by atomic mass is 35.5. The number of hydrogen-bond acceptors (Lipinski definition) is 9. The molecule has 174 valence electrons. The molecule has 1 saturated heterocycles. The van der Waals surface area contributed by atoms with Gasteiger partial charge in [-0.05, 0) is 43.5 Å². The van der Waals surface area contributed by atoms with Crippen LogP contribution in [0.3, 0.4) is 0 Å². The second-order valence-electron chi connectivity index (χ2n) is 8.02. The summed E-state index contributed by atoms with van der Waals surface area (Å²) in [6, 6.07) is 8.31. The summed E-state index contributed by atoms with van der Waals surface area (Å²) in [6.45, 7) is 4.21. The van der Waals surface area contributed by atoms with Crippen LogP contribution in [0.4, 0.5) is 22.5 Å². The first kappa shape index (κ1) is 22.4. The standard InChI is InChI=1S/C24H24ClN7OS/c1-30-10-12-31(13-11-30)18-7-5-17(6-8-18)28-23-26-14-20(25)22(29-23)21-15-27-24(34-21)32-9-3-2-4-19(33)16-32/h2-9,14-16,33H,10-13H2,1H3,(H,26,28,29). The van der Waals surface area contributed by atoms with Crippen LogP contribution in [-0.2, 0) is 0 Å². The topological polar surface area (TPSA) is 80.7 Å². The molecule has 1 aromatic carbocycles. The van der Waals surface area contributed by atoms with Crippen molar-refractivity contribution in [2.45, 2.75) is 0 Å². The third-order valence-electron chi connectivity index (χ3n) is 5.58. The number of hydrogen-bond donors (Lipinski definition) is 2. The number of anilines is 4. The van der Waals surface area contributed by atoms with E-state index in [4.69, 9.17) is 11.6 Å². The smallest absolute Gasteiger partial charge is 0.227 e. The van der Waals surface area contributed by atoms with Gasteiger partial charge in [-0.25, -0.2) is 15.0 Å². The van der Waals surface area contributed by atoms with Crippen molar-refractivity contribution in [2.75, 3.05) is 48.3 Å². The Hall–Kier alpha value is -3.40. The van der Waals surface area contributed by atoms with E-state index in [1.807, 2.05) is 24.4 Å². The van der Waals surface area contributed by atoms with E-state index in [0.29, 0.717) is 21.8 Å². The number of aromatic nitrogens is 3. The van der Waals surface area contributed by atoms with Crippen molar-refractivity contribution in [1.29, 1.82) is 0 Å². The van der Waals surface area contributed by atoms with Gasteiger partial charge in [-0.15, -0.1) is 0 Å². The lowest BCUT2D eigenvalue weighted by atomic mass is 10.2. The molecule has 0 amide bonds. The number of allylic oxidation sites excluding steroid dienone is 3. The summed E-state index contributed by atoms with van der Waals surface area (Å²) >= 11 is 7.84. The fourth-order valence-electron chi connectivity index (χ4n) is 3.69. The molecule has 8 nitrogen and oxygen atoms in total. The summed E-state index contributed by atoms with van der Waals surface area (Å²) in [5.74, 6) is 0.602. The van der Waals surface area contributed by atoms with Crippen LogP contribution in [0.5, 0.6) is 0 Å². The van der Waals surface area contributed by atoms with Gasteiger partial charge in [-0.3, -0.25) is 4.90 Å². The normalized spacial score (nSPS) is 16.5. The predicted octanol–water partition coefficient (Wildman–Crippen LogP) is 5.04. The molecule has 2 aliphatic rings. The lowest BCUT2D eigenvalue weighted by Crippen LogP contribution is -2.44. The van der Waals surface area contributed by atoms with Crippen molar-refractivity contribution in [3.8, 4) is 10.6 Å². The molecule has 2 aliphatic heterocycles. The predicted molar refractivity (Wildman–Crippen MR) is 139 cm³/mol. The first-order valence-electron chi connectivity index (χ1n) is 10.9. The number of nitrogens with zero attached hydrogens (tertiary/aromatic N) is 6. The van der Waals surface area contributed by atoms with Crippen LogP contribution in [0.2, 0.25) is 5.02 Å². The van der Waals surface area contributed by atoms with E-state index in [2.05, 4.69) is 49.2 Å². The Balaban J connectivity index is 1.32. The maximum absolute atomic E-state index is 9.88. The Kier molecular flexibility index (Phi) is 6.48. The van der Waals surface area contributed by atoms with Crippen LogP contribution in [-0.4, -0.2) is 58.2 Å². The maximum Gasteiger partial charge on any atom is 0.227 e. The maximum atomic E-state index is 9.88. The van der Waals surface area contributed by atoms with Crippen LogP contribution in [0.1, 0.15) is 0 Å². The van der Waals surface area contributed by atoms with Gasteiger partial charge in [0.05, 0.1) is 22.3 Å². The highest BCUT2D eigenvalue weighted by Crippen LogP contribution is 2.35. The third kappa shape index (κ3) is 5.06. The summed E-state index contributed by atoms with van der Waals surface area (Å²) in [5, 5.41) is 14.3. The first-order valence-corrected chi connectivity index (χ1v) is 12.1. The number of halogens is 1. The Morgan fingerprint density at radius 1 is 1.03 bits per heavy atom. The number of nitrogens with one attached hydrogen (secondary N) is 1. The third-order valence-corrected chi connectivity index (χ3v) is 6.87. The fourth-order valence-corrected chi connectivity index (χ4v) is 4.81. The summed E-state index contributed by atoms with van der Waals surface area (Å²) in [6.07, 6.45) is 11.9. The minimum absolute atomic E-state index is 0.145. The van der Waals surface area contributed by atoms with E-state index in [1.165, 1.54) is 17.0 Å². The monoisotopic (exact) mass is 493 g/mol. The lowest BCUT2D eigenvalue weighted by molar-refractivity contribution is 0.313. The molecule has 0 spiro atoms. The van der Waals surface area contributed by atoms with Crippen LogP contribution in [0, 0.1) is 0 Å². The van der Waals surface area contributed by atoms with Gasteiger partial charge in [-0.2, -0.15) is 0 Å². The molecule has 2 N–H and O–H groups in total. The summed E-state index contributed by atoms with van der Waals surface area (Å²) in [7, 11) is 2.16. The Bertz CT molecular complexity index is 1250. The van der Waals surface area contributed by atoms with Gasteiger partial charge in [0.15, 0.2) is 5.13 Å². The molecule has 10 heteroatoms. The van der Waals surface area contributed by atoms with Crippen molar-refractivity contribution < 1.29 is 5.11 Å². The number of aliphatic hydroxyl groups excluding tert-OH is 1. The Labute approximate surface area is 207 Å². The molecule has 34 heavy (non-hydrogen) atoms. The van der Waals surface area contributed by atoms with E-state index in [1.54, 1.807) is 35.6 Å². The van der Waals surface area contributed by atoms with Gasteiger partial charge in [0.25, 0.3) is 0 Å². The SMILES string of the molecule is CN1CCN(c2ccc(Nc3ncc(Cl)c(-c4cnc(N5C=CC=CC(O)=C5)s4)n3)cc2)CC1. The number of piperazine rings is 1. The highest BCUT2D eigenvalue weighted by Gasteiger charge is 2.16. The second-order valence-corrected chi connectivity index (χ2v) is 9.44. The Morgan fingerprint density at radius 3 is 2.62 bits per heavy atom. The molecule has 0 aliphatic carbocycles. The molecule has 0 unspecified atom stereocenters. The summed E-state index contributed by atoms with van der Waals surface area (Å²) in [4.78, 5) is 20.7. The molecular formula is C24H24ClN7OS. The molecular weight excluding hydrogens is 470 g/mol. The van der Waals surface area contributed by atoms with E-state index >= 15 is 0 Å². The molecule has 3 aromatic rings. The summed E-state index contributed by atoms with van der Waals surface area (Å²) in [5.41, 5.74) is 2.72. The molecule has 1 fully saturated rings. The Morgan fingerprint density at radius 2 is 1.82 bits per heavy atom. The largest absolute Gasteiger partial charge is 0.506 e. The lowest BCUT2D eigenvalue weighted by Gasteiger charge is -2.34. The van der Waals surface area contributed by atoms with Gasteiger partial charge in [0.2, 0.25) is 5.95 Å². The minimum atomic E-state index is 0.145. The molecule has 0 saturated carbocycles. The summed E-state index contributed by atoms with van der Waals surface area (Å²) < 4.78 is 0. The quantitative estimate of drug-likeness (QED) is 0.511. The van der Waals surface area contributed by atoms with Gasteiger partial charge in [-0.1, -0.05) is 29.0 Å². The molecule has 4 heterocycles. The molecule has 0 atom stereocenters. The van der Waals surface area contributed by atoms with Crippen molar-refractivity contribution >= 4 is 45.4 Å². The van der Waals surface area contributed by atoms with Gasteiger partial charge < -0.3 is 20.2 Å². The zero-order valence-electron chi connectivity index (χ0n) is 18.6. The van der Waals surface area contributed by atoms with Gasteiger partial charge >= 0.3 is 0 Å². The van der Waals surface area contributed by atoms with Crippen molar-refractivity contribution in [2.24, 2.45) is 0 Å². The van der Waals surface area contributed by atoms with Crippen molar-refractivity contribution in [1.82, 2.24) is 19.9 Å². The minimum Gasteiger partial charge on any atom is -0.506 e. The van der Waals surface area contributed by atoms with Crippen LogP contribution < -0.4 is 15.1 Å². The molecule has 0 bridgehead atoms. The average molecular weight is 494 g/mol. The number of benzene rings is 1. The van der Waals surface area contributed by atoms with E-state index in [0.717, 1.165) is 36.7 Å². The molecule has 2 aromatic heterocycles. The van der Waals surface area contributed by atoms with Crippen molar-refractivity contribution in [3.05, 3.63) is 78.1 Å². The number of aliphatic hydroxyl groups is 1. The van der Waals surface area contributed by atoms with Gasteiger partial charge in [0.1, 0.15) is 11.5 Å². The highest BCUT2D eigenvalue weighted by molar-refractivity contribution is 7.19. The van der Waals surface area contributed by atoms with Crippen molar-refractivity contribution in [3.63, 3.8) is 0 Å². The number of thiazole rings is 1. The number of rotatable bonds is 5. The zero-order chi connectivity index (χ0) is 23.5. The van der Waals surface area contributed by atoms with E-state index in [-0.39, 0.29) is 5.76 Å². The molecule has 0 radical (unpaired) electrons. The molecule has 5 rings (SSSR count). The average Bonchev–Trinajstić information content (AvgIpc) is 3.23. The first-order chi connectivity index (χ1) is 16.5. The van der Waals surface area contributed by atoms with E-state index in [9.17, 15) is 5.11 Å². The second kappa shape index (κ2) is 9.84. The number of likely N-dealkylation sites (N-methyl/N-ethyl adjacent to an activating group) is 1. The van der Waals surface area contributed by atoms with Crippen LogP contribution >= 0.6 is 22.9 Å². The zero-order valence-corrected chi connectivity index (χ0v) is 20.2. The van der Waals surface area contributed by atoms with Crippen LogP contribution in [0.25, 0.3) is 10.6 Å². The van der Waals surface area contributed by atoms with Crippen LogP contribution in [0.15, 0.2) is 73.0 Å².